The fraction of sp³-hybridized carbons (Fsp3) is 1.00. The van der Waals surface area contributed by atoms with Crippen molar-refractivity contribution in [3.63, 3.8) is 0 Å². The lowest BCUT2D eigenvalue weighted by Crippen LogP contribution is -2.52. The monoisotopic (exact) mass is 248 g/mol. The molecule has 0 amide bonds. The summed E-state index contributed by atoms with van der Waals surface area (Å²) < 4.78 is 0. The zero-order valence-electron chi connectivity index (χ0n) is 11.8. The second-order valence-electron chi connectivity index (χ2n) is 7.98. The summed E-state index contributed by atoms with van der Waals surface area (Å²) in [6.45, 7) is 3.85. The largest absolute Gasteiger partial charge is 0.315 e. The SMILES string of the molecule is CN(CC12CC3CC(CC(C3)C1)C2)C1CCNC1. The molecule has 1 N–H and O–H groups in total. The minimum Gasteiger partial charge on any atom is -0.315 e. The van der Waals surface area contributed by atoms with E-state index in [0.717, 1.165) is 29.2 Å². The fourth-order valence-corrected chi connectivity index (χ4v) is 6.16. The quantitative estimate of drug-likeness (QED) is 0.825. The smallest absolute Gasteiger partial charge is 0.0229 e. The Bertz CT molecular complexity index is 284. The van der Waals surface area contributed by atoms with Gasteiger partial charge in [-0.3, -0.25) is 0 Å². The fourth-order valence-electron chi connectivity index (χ4n) is 6.16. The van der Waals surface area contributed by atoms with Gasteiger partial charge in [0, 0.05) is 19.1 Å². The first-order chi connectivity index (χ1) is 8.72. The van der Waals surface area contributed by atoms with Gasteiger partial charge in [0.05, 0.1) is 0 Å². The first-order valence-corrected chi connectivity index (χ1v) is 8.13. The summed E-state index contributed by atoms with van der Waals surface area (Å²) >= 11 is 0. The van der Waals surface area contributed by atoms with E-state index in [1.165, 1.54) is 26.1 Å². The zero-order valence-corrected chi connectivity index (χ0v) is 11.8. The molecule has 0 radical (unpaired) electrons. The number of rotatable bonds is 3. The Morgan fingerprint density at radius 3 is 2.17 bits per heavy atom. The van der Waals surface area contributed by atoms with Crippen LogP contribution in [0, 0.1) is 23.2 Å². The standard InChI is InChI=1S/C16H28N2/c1-18(15-2-3-17-10-15)11-16-7-12-4-13(8-16)6-14(5-12)9-16/h12-15,17H,2-11H2,1H3. The molecule has 5 fully saturated rings. The Kier molecular flexibility index (Phi) is 2.74. The molecule has 4 bridgehead atoms. The molecule has 5 aliphatic rings. The number of nitrogens with one attached hydrogen (secondary N) is 1. The molecule has 1 aliphatic heterocycles. The first-order valence-electron chi connectivity index (χ1n) is 8.13. The molecule has 1 heterocycles. The Morgan fingerprint density at radius 2 is 1.67 bits per heavy atom. The molecule has 0 aromatic carbocycles. The van der Waals surface area contributed by atoms with Gasteiger partial charge in [0.15, 0.2) is 0 Å². The maximum absolute atomic E-state index is 3.52. The highest BCUT2D eigenvalue weighted by atomic mass is 15.2. The van der Waals surface area contributed by atoms with Crippen LogP contribution in [0.5, 0.6) is 0 Å². The van der Waals surface area contributed by atoms with Crippen molar-refractivity contribution in [1.82, 2.24) is 10.2 Å². The van der Waals surface area contributed by atoms with E-state index in [-0.39, 0.29) is 0 Å². The van der Waals surface area contributed by atoms with E-state index in [9.17, 15) is 0 Å². The Labute approximate surface area is 111 Å². The summed E-state index contributed by atoms with van der Waals surface area (Å²) in [4.78, 5) is 2.70. The van der Waals surface area contributed by atoms with Crippen LogP contribution in [0.25, 0.3) is 0 Å². The van der Waals surface area contributed by atoms with E-state index in [1.54, 1.807) is 38.5 Å². The molecule has 4 aliphatic carbocycles. The molecule has 5 rings (SSSR count). The lowest BCUT2D eigenvalue weighted by Gasteiger charge is -2.58. The van der Waals surface area contributed by atoms with Gasteiger partial charge in [-0.05, 0) is 81.7 Å². The molecule has 2 nitrogen and oxygen atoms in total. The predicted octanol–water partition coefficient (Wildman–Crippen LogP) is 2.50. The third-order valence-corrected chi connectivity index (χ3v) is 6.41. The molecule has 4 saturated carbocycles. The minimum atomic E-state index is 0.728. The molecule has 102 valence electrons. The van der Waals surface area contributed by atoms with Gasteiger partial charge in [0.2, 0.25) is 0 Å². The molecular weight excluding hydrogens is 220 g/mol. The molecule has 1 saturated heterocycles. The molecule has 1 atom stereocenters. The van der Waals surface area contributed by atoms with Gasteiger partial charge in [-0.1, -0.05) is 0 Å². The van der Waals surface area contributed by atoms with Gasteiger partial charge in [-0.2, -0.15) is 0 Å². The van der Waals surface area contributed by atoms with Crippen LogP contribution in [0.3, 0.4) is 0 Å². The van der Waals surface area contributed by atoms with Crippen molar-refractivity contribution in [3.8, 4) is 0 Å². The van der Waals surface area contributed by atoms with Gasteiger partial charge in [-0.25, -0.2) is 0 Å². The summed E-state index contributed by atoms with van der Waals surface area (Å²) in [7, 11) is 2.39. The van der Waals surface area contributed by atoms with E-state index in [0.29, 0.717) is 0 Å². The van der Waals surface area contributed by atoms with Crippen LogP contribution in [-0.4, -0.2) is 37.6 Å². The third kappa shape index (κ3) is 1.92. The van der Waals surface area contributed by atoms with Gasteiger partial charge in [0.25, 0.3) is 0 Å². The van der Waals surface area contributed by atoms with Crippen molar-refractivity contribution in [2.24, 2.45) is 23.2 Å². The molecule has 0 spiro atoms. The van der Waals surface area contributed by atoms with Gasteiger partial charge < -0.3 is 10.2 Å². The second kappa shape index (κ2) is 4.21. The molecule has 0 aromatic rings. The van der Waals surface area contributed by atoms with Gasteiger partial charge in [-0.15, -0.1) is 0 Å². The average Bonchev–Trinajstić information content (AvgIpc) is 2.79. The van der Waals surface area contributed by atoms with Crippen LogP contribution in [0.4, 0.5) is 0 Å². The van der Waals surface area contributed by atoms with E-state index < -0.39 is 0 Å². The summed E-state index contributed by atoms with van der Waals surface area (Å²) in [5, 5.41) is 3.52. The molecule has 1 unspecified atom stereocenters. The van der Waals surface area contributed by atoms with Crippen LogP contribution in [0.1, 0.15) is 44.9 Å². The second-order valence-corrected chi connectivity index (χ2v) is 7.98. The van der Waals surface area contributed by atoms with Crippen LogP contribution in [-0.2, 0) is 0 Å². The molecule has 2 heteroatoms. The van der Waals surface area contributed by atoms with Crippen molar-refractivity contribution >= 4 is 0 Å². The van der Waals surface area contributed by atoms with Crippen molar-refractivity contribution < 1.29 is 0 Å². The normalized spacial score (nSPS) is 50.3. The number of nitrogens with zero attached hydrogens (tertiary/aromatic N) is 1. The summed E-state index contributed by atoms with van der Waals surface area (Å²) in [6, 6.07) is 0.818. The highest BCUT2D eigenvalue weighted by molar-refractivity contribution is 5.02. The predicted molar refractivity (Wildman–Crippen MR) is 74.5 cm³/mol. The van der Waals surface area contributed by atoms with Crippen molar-refractivity contribution in [3.05, 3.63) is 0 Å². The van der Waals surface area contributed by atoms with E-state index in [4.69, 9.17) is 0 Å². The highest BCUT2D eigenvalue weighted by Crippen LogP contribution is 2.60. The summed E-state index contributed by atoms with van der Waals surface area (Å²) in [5.41, 5.74) is 0.728. The maximum Gasteiger partial charge on any atom is 0.0229 e. The highest BCUT2D eigenvalue weighted by Gasteiger charge is 2.51. The minimum absolute atomic E-state index is 0.728. The van der Waals surface area contributed by atoms with Gasteiger partial charge in [0.1, 0.15) is 0 Å². The Hall–Kier alpha value is -0.0800. The lowest BCUT2D eigenvalue weighted by molar-refractivity contribution is -0.0698. The molecule has 18 heavy (non-hydrogen) atoms. The van der Waals surface area contributed by atoms with Crippen LogP contribution in [0.15, 0.2) is 0 Å². The third-order valence-electron chi connectivity index (χ3n) is 6.41. The van der Waals surface area contributed by atoms with Crippen LogP contribution in [0.2, 0.25) is 0 Å². The van der Waals surface area contributed by atoms with E-state index in [2.05, 4.69) is 17.3 Å². The topological polar surface area (TPSA) is 15.3 Å². The molecular formula is C16H28N2. The Balaban J connectivity index is 1.46. The Morgan fingerprint density at radius 1 is 1.06 bits per heavy atom. The number of hydrogen-bond donors (Lipinski definition) is 1. The number of likely N-dealkylation sites (N-methyl/N-ethyl adjacent to an activating group) is 1. The first kappa shape index (κ1) is 11.7. The van der Waals surface area contributed by atoms with E-state index >= 15 is 0 Å². The van der Waals surface area contributed by atoms with Crippen LogP contribution < -0.4 is 5.32 Å². The summed E-state index contributed by atoms with van der Waals surface area (Å²) in [6.07, 6.45) is 10.8. The van der Waals surface area contributed by atoms with Crippen molar-refractivity contribution in [2.45, 2.75) is 51.0 Å². The molecule has 0 aromatic heterocycles. The van der Waals surface area contributed by atoms with Crippen molar-refractivity contribution in [2.75, 3.05) is 26.7 Å². The summed E-state index contributed by atoms with van der Waals surface area (Å²) in [5.74, 6) is 3.31. The van der Waals surface area contributed by atoms with Crippen LogP contribution >= 0.6 is 0 Å². The average molecular weight is 248 g/mol. The van der Waals surface area contributed by atoms with Gasteiger partial charge >= 0.3 is 0 Å². The zero-order chi connectivity index (χ0) is 12.2. The number of hydrogen-bond acceptors (Lipinski definition) is 2. The lowest BCUT2D eigenvalue weighted by atomic mass is 9.49. The van der Waals surface area contributed by atoms with E-state index in [1.807, 2.05) is 0 Å². The maximum atomic E-state index is 3.52. The van der Waals surface area contributed by atoms with Crippen molar-refractivity contribution in [1.29, 1.82) is 0 Å².